The van der Waals surface area contributed by atoms with Gasteiger partial charge in [0.15, 0.2) is 0 Å². The maximum Gasteiger partial charge on any atom is 0.243 e. The first-order chi connectivity index (χ1) is 20.0. The summed E-state index contributed by atoms with van der Waals surface area (Å²) in [6.07, 6.45) is 3.77. The van der Waals surface area contributed by atoms with E-state index in [1.807, 2.05) is 86.6 Å². The van der Waals surface area contributed by atoms with Crippen molar-refractivity contribution < 1.29 is 18.0 Å². The lowest BCUT2D eigenvalue weighted by Crippen LogP contribution is -2.50. The summed E-state index contributed by atoms with van der Waals surface area (Å²) in [4.78, 5) is 29.2. The van der Waals surface area contributed by atoms with Gasteiger partial charge in [-0.2, -0.15) is 0 Å². The minimum atomic E-state index is -3.57. The molecule has 0 heterocycles. The molecule has 0 aliphatic heterocycles. The zero-order chi connectivity index (χ0) is 30.7. The minimum Gasteiger partial charge on any atom is -0.354 e. The van der Waals surface area contributed by atoms with Gasteiger partial charge in [-0.1, -0.05) is 83.9 Å². The van der Waals surface area contributed by atoms with Crippen molar-refractivity contribution in [2.45, 2.75) is 65.5 Å². The van der Waals surface area contributed by atoms with Gasteiger partial charge in [0, 0.05) is 36.9 Å². The van der Waals surface area contributed by atoms with Crippen LogP contribution in [0.2, 0.25) is 0 Å². The van der Waals surface area contributed by atoms with E-state index >= 15 is 0 Å². The van der Waals surface area contributed by atoms with Crippen LogP contribution >= 0.6 is 15.9 Å². The fraction of sp³-hybridized carbons (Fsp3) is 0.394. The zero-order valence-electron chi connectivity index (χ0n) is 25.0. The molecular formula is C33H42BrN3O4S. The van der Waals surface area contributed by atoms with Crippen LogP contribution < -0.4 is 9.62 Å². The molecule has 0 aromatic heterocycles. The van der Waals surface area contributed by atoms with Crippen LogP contribution in [0.3, 0.4) is 0 Å². The number of carbonyl (C=O) groups excluding carboxylic acids is 2. The van der Waals surface area contributed by atoms with Gasteiger partial charge < -0.3 is 10.2 Å². The van der Waals surface area contributed by atoms with Gasteiger partial charge in [0.05, 0.1) is 11.9 Å². The van der Waals surface area contributed by atoms with Crippen molar-refractivity contribution in [1.82, 2.24) is 10.2 Å². The number of nitrogens with one attached hydrogen (secondary N) is 1. The summed E-state index contributed by atoms with van der Waals surface area (Å²) in [5.41, 5.74) is 4.28. The molecule has 3 aromatic carbocycles. The van der Waals surface area contributed by atoms with Gasteiger partial charge in [-0.25, -0.2) is 8.42 Å². The molecule has 1 atom stereocenters. The monoisotopic (exact) mass is 655 g/mol. The number of unbranched alkanes of at least 4 members (excludes halogenated alkanes) is 1. The van der Waals surface area contributed by atoms with Crippen molar-refractivity contribution in [3.05, 3.63) is 99.5 Å². The Hall–Kier alpha value is -3.17. The number of nitrogens with zero attached hydrogens (tertiary/aromatic N) is 2. The highest BCUT2D eigenvalue weighted by Crippen LogP contribution is 2.25. The molecule has 3 aromatic rings. The third-order valence-corrected chi connectivity index (χ3v) is 8.86. The Balaban J connectivity index is 1.88. The molecule has 7 nitrogen and oxygen atoms in total. The molecule has 0 bridgehead atoms. The van der Waals surface area contributed by atoms with E-state index in [4.69, 9.17) is 0 Å². The number of anilines is 1. The van der Waals surface area contributed by atoms with Crippen molar-refractivity contribution in [1.29, 1.82) is 0 Å². The first kappa shape index (κ1) is 33.3. The summed E-state index contributed by atoms with van der Waals surface area (Å²) in [6.45, 7) is 6.83. The predicted octanol–water partition coefficient (Wildman–Crippen LogP) is 6.17. The first-order valence-electron chi connectivity index (χ1n) is 14.4. The predicted molar refractivity (Wildman–Crippen MR) is 174 cm³/mol. The first-order valence-corrected chi connectivity index (χ1v) is 17.0. The van der Waals surface area contributed by atoms with Gasteiger partial charge in [-0.3, -0.25) is 13.9 Å². The fourth-order valence-electron chi connectivity index (χ4n) is 4.82. The Morgan fingerprint density at radius 3 is 2.26 bits per heavy atom. The molecule has 1 N–H and O–H groups in total. The van der Waals surface area contributed by atoms with Crippen LogP contribution in [0.4, 0.5) is 5.69 Å². The molecule has 1 unspecified atom stereocenters. The third kappa shape index (κ3) is 9.98. The smallest absolute Gasteiger partial charge is 0.243 e. The van der Waals surface area contributed by atoms with E-state index in [-0.39, 0.29) is 31.3 Å². The second-order valence-corrected chi connectivity index (χ2v) is 13.5. The average Bonchev–Trinajstić information content (AvgIpc) is 2.95. The van der Waals surface area contributed by atoms with E-state index in [1.54, 1.807) is 4.90 Å². The van der Waals surface area contributed by atoms with E-state index in [1.165, 1.54) is 10.6 Å². The number of aryl methyl sites for hydroxylation is 2. The molecule has 0 spiro atoms. The second-order valence-electron chi connectivity index (χ2n) is 10.7. The second kappa shape index (κ2) is 15.9. The average molecular weight is 657 g/mol. The van der Waals surface area contributed by atoms with Gasteiger partial charge >= 0.3 is 0 Å². The lowest BCUT2D eigenvalue weighted by Gasteiger charge is -2.32. The van der Waals surface area contributed by atoms with Gasteiger partial charge in [0.2, 0.25) is 21.8 Å². The summed E-state index contributed by atoms with van der Waals surface area (Å²) in [7, 11) is -3.57. The Bertz CT molecular complexity index is 1430. The third-order valence-electron chi connectivity index (χ3n) is 7.15. The number of carbonyl (C=O) groups is 2. The molecule has 0 radical (unpaired) electrons. The highest BCUT2D eigenvalue weighted by Gasteiger charge is 2.30. The van der Waals surface area contributed by atoms with Crippen LogP contribution in [-0.4, -0.2) is 50.5 Å². The maximum absolute atomic E-state index is 13.9. The molecule has 0 saturated heterocycles. The number of amides is 2. The van der Waals surface area contributed by atoms with E-state index < -0.39 is 16.1 Å². The van der Waals surface area contributed by atoms with E-state index in [2.05, 4.69) is 28.2 Å². The Labute approximate surface area is 259 Å². The van der Waals surface area contributed by atoms with Gasteiger partial charge in [-0.15, -0.1) is 0 Å². The van der Waals surface area contributed by atoms with E-state index in [9.17, 15) is 18.0 Å². The Morgan fingerprint density at radius 2 is 1.62 bits per heavy atom. The lowest BCUT2D eigenvalue weighted by molar-refractivity contribution is -0.141. The molecule has 42 heavy (non-hydrogen) atoms. The highest BCUT2D eigenvalue weighted by atomic mass is 79.9. The van der Waals surface area contributed by atoms with Crippen LogP contribution in [0.25, 0.3) is 0 Å². The van der Waals surface area contributed by atoms with Crippen molar-refractivity contribution >= 4 is 43.5 Å². The highest BCUT2D eigenvalue weighted by molar-refractivity contribution is 9.10. The van der Waals surface area contributed by atoms with Crippen molar-refractivity contribution in [2.24, 2.45) is 0 Å². The molecule has 2 amide bonds. The lowest BCUT2D eigenvalue weighted by atomic mass is 10.0. The number of hydrogen-bond donors (Lipinski definition) is 1. The van der Waals surface area contributed by atoms with Gasteiger partial charge in [-0.05, 0) is 67.1 Å². The maximum atomic E-state index is 13.9. The Kier molecular flexibility index (Phi) is 12.6. The van der Waals surface area contributed by atoms with Crippen LogP contribution in [0, 0.1) is 13.8 Å². The van der Waals surface area contributed by atoms with Gasteiger partial charge in [0.1, 0.15) is 6.04 Å². The standard InChI is InChI=1S/C33H42BrN3O4S/c1-5-6-20-35-33(39)31(23-27-11-8-7-9-12-27)36(24-28-16-18-29(34)19-17-28)32(38)13-10-21-37(42(4,40)41)30-22-25(2)14-15-26(30)3/h7-9,11-12,14-19,22,31H,5-6,10,13,20-21,23-24H2,1-4H3,(H,35,39). The van der Waals surface area contributed by atoms with Crippen LogP contribution in [-0.2, 0) is 32.6 Å². The van der Waals surface area contributed by atoms with Crippen LogP contribution in [0.1, 0.15) is 54.9 Å². The topological polar surface area (TPSA) is 86.8 Å². The van der Waals surface area contributed by atoms with E-state index in [0.29, 0.717) is 25.1 Å². The van der Waals surface area contributed by atoms with Crippen molar-refractivity contribution in [2.75, 3.05) is 23.7 Å². The summed E-state index contributed by atoms with van der Waals surface area (Å²) >= 11 is 3.47. The zero-order valence-corrected chi connectivity index (χ0v) is 27.4. The molecule has 3 rings (SSSR count). The van der Waals surface area contributed by atoms with Gasteiger partial charge in [0.25, 0.3) is 0 Å². The number of rotatable bonds is 15. The minimum absolute atomic E-state index is 0.0982. The normalized spacial score (nSPS) is 12.0. The van der Waals surface area contributed by atoms with Crippen molar-refractivity contribution in [3.63, 3.8) is 0 Å². The molecule has 0 aliphatic rings. The fourth-order valence-corrected chi connectivity index (χ4v) is 6.10. The molecule has 226 valence electrons. The largest absolute Gasteiger partial charge is 0.354 e. The van der Waals surface area contributed by atoms with Crippen LogP contribution in [0.5, 0.6) is 0 Å². The molecule has 0 saturated carbocycles. The number of sulfonamides is 1. The SMILES string of the molecule is CCCCNC(=O)C(Cc1ccccc1)N(Cc1ccc(Br)cc1)C(=O)CCCN(c1cc(C)ccc1C)S(C)(=O)=O. The summed E-state index contributed by atoms with van der Waals surface area (Å²) in [5, 5.41) is 3.03. The van der Waals surface area contributed by atoms with Crippen LogP contribution in [0.15, 0.2) is 77.3 Å². The Morgan fingerprint density at radius 1 is 0.929 bits per heavy atom. The molecule has 0 aliphatic carbocycles. The number of halogens is 1. The quantitative estimate of drug-likeness (QED) is 0.199. The summed E-state index contributed by atoms with van der Waals surface area (Å²) < 4.78 is 27.8. The molecular weight excluding hydrogens is 614 g/mol. The molecule has 0 fully saturated rings. The summed E-state index contributed by atoms with van der Waals surface area (Å²) in [6, 6.07) is 22.4. The number of benzene rings is 3. The van der Waals surface area contributed by atoms with E-state index in [0.717, 1.165) is 39.6 Å². The number of hydrogen-bond acceptors (Lipinski definition) is 4. The molecule has 9 heteroatoms. The summed E-state index contributed by atoms with van der Waals surface area (Å²) in [5.74, 6) is -0.384. The van der Waals surface area contributed by atoms with Crippen molar-refractivity contribution in [3.8, 4) is 0 Å².